The summed E-state index contributed by atoms with van der Waals surface area (Å²) in [4.78, 5) is 11.9. The molecule has 1 aliphatic carbocycles. The van der Waals surface area contributed by atoms with Gasteiger partial charge in [-0.3, -0.25) is 4.79 Å². The van der Waals surface area contributed by atoms with Gasteiger partial charge in [-0.05, 0) is 43.0 Å². The van der Waals surface area contributed by atoms with Gasteiger partial charge in [0.05, 0.1) is 0 Å². The van der Waals surface area contributed by atoms with Crippen molar-refractivity contribution in [2.45, 2.75) is 27.2 Å². The predicted octanol–water partition coefficient (Wildman–Crippen LogP) is 3.44. The fourth-order valence-corrected chi connectivity index (χ4v) is 2.71. The maximum atomic E-state index is 11.9. The summed E-state index contributed by atoms with van der Waals surface area (Å²) in [6, 6.07) is 2.11. The van der Waals surface area contributed by atoms with Crippen LogP contribution in [-0.4, -0.2) is 5.78 Å². The summed E-state index contributed by atoms with van der Waals surface area (Å²) in [5, 5.41) is 0. The van der Waals surface area contributed by atoms with Crippen LogP contribution in [0.3, 0.4) is 0 Å². The van der Waals surface area contributed by atoms with E-state index in [1.54, 1.807) is 0 Å². The van der Waals surface area contributed by atoms with E-state index in [0.717, 1.165) is 22.0 Å². The van der Waals surface area contributed by atoms with Crippen molar-refractivity contribution in [1.82, 2.24) is 0 Å². The van der Waals surface area contributed by atoms with Gasteiger partial charge in [0.25, 0.3) is 0 Å². The van der Waals surface area contributed by atoms with Crippen molar-refractivity contribution in [1.29, 1.82) is 0 Å². The van der Waals surface area contributed by atoms with Crippen molar-refractivity contribution < 1.29 is 4.79 Å². The lowest BCUT2D eigenvalue weighted by atomic mass is 10.00. The number of rotatable bonds is 0. The van der Waals surface area contributed by atoms with Crippen LogP contribution in [-0.2, 0) is 6.42 Å². The third-order valence-electron chi connectivity index (χ3n) is 3.06. The van der Waals surface area contributed by atoms with Gasteiger partial charge in [-0.15, -0.1) is 0 Å². The number of fused-ring (bicyclic) bond motifs is 1. The monoisotopic (exact) mass is 252 g/mol. The topological polar surface area (TPSA) is 17.1 Å². The lowest BCUT2D eigenvalue weighted by molar-refractivity contribution is 0.0945. The Labute approximate surface area is 92.6 Å². The number of carbonyl (C=O) groups is 1. The number of benzene rings is 1. The number of ketones is 1. The summed E-state index contributed by atoms with van der Waals surface area (Å²) in [5.74, 6) is 0.471. The molecule has 0 bridgehead atoms. The maximum absolute atomic E-state index is 11.9. The highest BCUT2D eigenvalue weighted by molar-refractivity contribution is 9.10. The second-order valence-electron chi connectivity index (χ2n) is 4.12. The van der Waals surface area contributed by atoms with Crippen molar-refractivity contribution in [3.63, 3.8) is 0 Å². The van der Waals surface area contributed by atoms with E-state index in [9.17, 15) is 4.79 Å². The third kappa shape index (κ3) is 1.24. The molecule has 1 unspecified atom stereocenters. The first-order valence-electron chi connectivity index (χ1n) is 4.85. The zero-order valence-electron chi connectivity index (χ0n) is 8.65. The van der Waals surface area contributed by atoms with Crippen LogP contribution in [0.15, 0.2) is 10.5 Å². The zero-order chi connectivity index (χ0) is 10.5. The quantitative estimate of drug-likeness (QED) is 0.692. The Hall–Kier alpha value is -0.630. The molecule has 2 rings (SSSR count). The lowest BCUT2D eigenvalue weighted by Crippen LogP contribution is -2.04. The standard InChI is InChI=1S/C12H13BrO/c1-6-5-10(13)8(3)11-9(6)4-7(2)12(11)14/h5,7H,4H2,1-3H3. The smallest absolute Gasteiger partial charge is 0.166 e. The van der Waals surface area contributed by atoms with Crippen molar-refractivity contribution >= 4 is 21.7 Å². The van der Waals surface area contributed by atoms with Gasteiger partial charge in [0, 0.05) is 16.0 Å². The Balaban J connectivity index is 2.74. The summed E-state index contributed by atoms with van der Waals surface area (Å²) in [5.41, 5.74) is 4.54. The second-order valence-corrected chi connectivity index (χ2v) is 4.98. The first-order chi connectivity index (χ1) is 6.52. The zero-order valence-corrected chi connectivity index (χ0v) is 10.2. The normalized spacial score (nSPS) is 20.0. The molecule has 0 heterocycles. The van der Waals surface area contributed by atoms with Crippen LogP contribution in [0.1, 0.15) is 34.0 Å². The van der Waals surface area contributed by atoms with E-state index in [1.807, 2.05) is 13.8 Å². The van der Waals surface area contributed by atoms with Crippen molar-refractivity contribution in [2.24, 2.45) is 5.92 Å². The van der Waals surface area contributed by atoms with Crippen LogP contribution in [0.5, 0.6) is 0 Å². The highest BCUT2D eigenvalue weighted by Gasteiger charge is 2.30. The van der Waals surface area contributed by atoms with Crippen molar-refractivity contribution in [3.05, 3.63) is 32.8 Å². The minimum atomic E-state index is 0.164. The molecule has 14 heavy (non-hydrogen) atoms. The van der Waals surface area contributed by atoms with E-state index >= 15 is 0 Å². The largest absolute Gasteiger partial charge is 0.294 e. The molecule has 0 fully saturated rings. The summed E-state index contributed by atoms with van der Waals surface area (Å²) in [6.07, 6.45) is 0.911. The van der Waals surface area contributed by atoms with Gasteiger partial charge in [0.2, 0.25) is 0 Å². The molecule has 0 amide bonds. The molecule has 0 saturated heterocycles. The number of Topliss-reactive ketones (excluding diaryl/α,β-unsaturated/α-hetero) is 1. The van der Waals surface area contributed by atoms with E-state index < -0.39 is 0 Å². The predicted molar refractivity (Wildman–Crippen MR) is 60.8 cm³/mol. The van der Waals surface area contributed by atoms with Crippen LogP contribution >= 0.6 is 15.9 Å². The number of aryl methyl sites for hydroxylation is 1. The van der Waals surface area contributed by atoms with Gasteiger partial charge in [-0.2, -0.15) is 0 Å². The molecule has 0 spiro atoms. The highest BCUT2D eigenvalue weighted by Crippen LogP contribution is 2.35. The van der Waals surface area contributed by atoms with Gasteiger partial charge in [0.15, 0.2) is 5.78 Å². The number of hydrogen-bond donors (Lipinski definition) is 0. The fraction of sp³-hybridized carbons (Fsp3) is 0.417. The van der Waals surface area contributed by atoms with Crippen molar-refractivity contribution in [3.8, 4) is 0 Å². The summed E-state index contributed by atoms with van der Waals surface area (Å²) in [6.45, 7) is 6.10. The summed E-state index contributed by atoms with van der Waals surface area (Å²) in [7, 11) is 0. The molecule has 1 aliphatic rings. The molecule has 0 aromatic heterocycles. The van der Waals surface area contributed by atoms with Gasteiger partial charge < -0.3 is 0 Å². The SMILES string of the molecule is Cc1cc(Br)c(C)c2c1CC(C)C2=O. The number of hydrogen-bond acceptors (Lipinski definition) is 1. The molecule has 1 nitrogen and oxygen atoms in total. The van der Waals surface area contributed by atoms with Crippen LogP contribution in [0, 0.1) is 19.8 Å². The van der Waals surface area contributed by atoms with E-state index in [1.165, 1.54) is 11.1 Å². The fourth-order valence-electron chi connectivity index (χ4n) is 2.17. The number of carbonyl (C=O) groups excluding carboxylic acids is 1. The van der Waals surface area contributed by atoms with Crippen LogP contribution < -0.4 is 0 Å². The molecule has 2 heteroatoms. The molecule has 0 aliphatic heterocycles. The van der Waals surface area contributed by atoms with Gasteiger partial charge in [-0.25, -0.2) is 0 Å². The maximum Gasteiger partial charge on any atom is 0.166 e. The van der Waals surface area contributed by atoms with E-state index in [0.29, 0.717) is 5.78 Å². The van der Waals surface area contributed by atoms with E-state index in [-0.39, 0.29) is 5.92 Å². The first kappa shape index (κ1) is 9.91. The molecular formula is C12H13BrO. The molecule has 1 atom stereocenters. The lowest BCUT2D eigenvalue weighted by Gasteiger charge is -2.08. The van der Waals surface area contributed by atoms with E-state index in [2.05, 4.69) is 28.9 Å². The highest BCUT2D eigenvalue weighted by atomic mass is 79.9. The Morgan fingerprint density at radius 3 is 2.71 bits per heavy atom. The second kappa shape index (κ2) is 3.20. The summed E-state index contributed by atoms with van der Waals surface area (Å²) < 4.78 is 1.05. The van der Waals surface area contributed by atoms with Crippen LogP contribution in [0.2, 0.25) is 0 Å². The molecule has 1 aromatic carbocycles. The Bertz CT molecular complexity index is 421. The molecule has 0 N–H and O–H groups in total. The van der Waals surface area contributed by atoms with Gasteiger partial charge >= 0.3 is 0 Å². The average Bonchev–Trinajstić information content (AvgIpc) is 2.41. The molecular weight excluding hydrogens is 240 g/mol. The first-order valence-corrected chi connectivity index (χ1v) is 5.64. The Kier molecular flexibility index (Phi) is 2.26. The average molecular weight is 253 g/mol. The van der Waals surface area contributed by atoms with Crippen molar-refractivity contribution in [2.75, 3.05) is 0 Å². The summed E-state index contributed by atoms with van der Waals surface area (Å²) >= 11 is 3.49. The number of halogens is 1. The van der Waals surface area contributed by atoms with Gasteiger partial charge in [0.1, 0.15) is 0 Å². The third-order valence-corrected chi connectivity index (χ3v) is 3.88. The van der Waals surface area contributed by atoms with Crippen LogP contribution in [0.4, 0.5) is 0 Å². The molecule has 0 saturated carbocycles. The molecule has 1 aromatic rings. The van der Waals surface area contributed by atoms with Gasteiger partial charge in [-0.1, -0.05) is 22.9 Å². The Morgan fingerprint density at radius 1 is 1.43 bits per heavy atom. The Morgan fingerprint density at radius 2 is 2.07 bits per heavy atom. The van der Waals surface area contributed by atoms with E-state index in [4.69, 9.17) is 0 Å². The molecule has 74 valence electrons. The molecule has 0 radical (unpaired) electrons. The minimum Gasteiger partial charge on any atom is -0.294 e. The van der Waals surface area contributed by atoms with Crippen LogP contribution in [0.25, 0.3) is 0 Å². The minimum absolute atomic E-state index is 0.164.